The molecule has 0 spiro atoms. The largest absolute Gasteiger partial charge is 0.509 e. The summed E-state index contributed by atoms with van der Waals surface area (Å²) in [5.74, 6) is -0.0729. The first-order chi connectivity index (χ1) is 11.0. The van der Waals surface area contributed by atoms with Crippen LogP contribution in [0.4, 0.5) is 4.79 Å². The predicted octanol–water partition coefficient (Wildman–Crippen LogP) is 2.50. The van der Waals surface area contributed by atoms with E-state index in [1.807, 2.05) is 0 Å². The van der Waals surface area contributed by atoms with Crippen molar-refractivity contribution < 1.29 is 23.9 Å². The van der Waals surface area contributed by atoms with Gasteiger partial charge in [-0.3, -0.25) is 18.9 Å². The highest BCUT2D eigenvalue weighted by Crippen LogP contribution is 2.28. The molecule has 23 heavy (non-hydrogen) atoms. The number of rotatable bonds is 6. The number of hydrogen-bond acceptors (Lipinski definition) is 7. The molecule has 0 aromatic carbocycles. The van der Waals surface area contributed by atoms with E-state index in [9.17, 15) is 14.4 Å². The third kappa shape index (κ3) is 4.32. The molecule has 0 radical (unpaired) electrons. The number of carbonyl (C=O) groups is 3. The Morgan fingerprint density at radius 3 is 2.96 bits per heavy atom. The van der Waals surface area contributed by atoms with E-state index in [1.165, 1.54) is 28.8 Å². The van der Waals surface area contributed by atoms with E-state index >= 15 is 0 Å². The first-order valence-electron chi connectivity index (χ1n) is 6.93. The first-order valence-corrected chi connectivity index (χ1v) is 7.71. The van der Waals surface area contributed by atoms with E-state index in [-0.39, 0.29) is 17.6 Å². The average molecular weight is 336 g/mol. The molecule has 0 bridgehead atoms. The van der Waals surface area contributed by atoms with Crippen LogP contribution >= 0.6 is 11.9 Å². The van der Waals surface area contributed by atoms with Crippen molar-refractivity contribution in [2.45, 2.75) is 19.4 Å². The summed E-state index contributed by atoms with van der Waals surface area (Å²) in [7, 11) is 0. The van der Waals surface area contributed by atoms with Gasteiger partial charge in [0.05, 0.1) is 0 Å². The Labute approximate surface area is 137 Å². The van der Waals surface area contributed by atoms with E-state index in [4.69, 9.17) is 9.47 Å². The van der Waals surface area contributed by atoms with Crippen molar-refractivity contribution in [2.75, 3.05) is 13.2 Å². The van der Waals surface area contributed by atoms with Crippen LogP contribution in [0.5, 0.6) is 0 Å². The second-order valence-corrected chi connectivity index (χ2v) is 5.69. The number of ether oxygens (including phenoxy) is 2. The highest BCUT2D eigenvalue weighted by Gasteiger charge is 2.29. The Hall–Kier alpha value is -2.35. The van der Waals surface area contributed by atoms with Crippen molar-refractivity contribution in [1.82, 2.24) is 9.29 Å². The fraction of sp³-hybridized carbons (Fsp3) is 0.333. The van der Waals surface area contributed by atoms with Gasteiger partial charge in [-0.05, 0) is 13.0 Å². The molecule has 1 aromatic heterocycles. The van der Waals surface area contributed by atoms with E-state index in [2.05, 4.69) is 11.6 Å². The van der Waals surface area contributed by atoms with Gasteiger partial charge in [0.2, 0.25) is 11.0 Å². The number of amides is 1. The Balaban J connectivity index is 2.06. The van der Waals surface area contributed by atoms with Gasteiger partial charge in [0, 0.05) is 48.4 Å². The summed E-state index contributed by atoms with van der Waals surface area (Å²) in [6, 6.07) is 1.53. The van der Waals surface area contributed by atoms with Crippen LogP contribution in [0.2, 0.25) is 0 Å². The van der Waals surface area contributed by atoms with Crippen LogP contribution in [0, 0.1) is 0 Å². The molecule has 2 heterocycles. The van der Waals surface area contributed by atoms with Crippen LogP contribution in [-0.2, 0) is 14.3 Å². The Bertz CT molecular complexity index is 634. The van der Waals surface area contributed by atoms with Crippen molar-refractivity contribution in [1.29, 1.82) is 0 Å². The molecule has 1 atom stereocenters. The number of β-lactam (4-membered cyclic amide) rings is 1. The highest BCUT2D eigenvalue weighted by atomic mass is 32.2. The molecule has 1 aliphatic rings. The minimum atomic E-state index is -0.856. The Morgan fingerprint density at radius 1 is 1.57 bits per heavy atom. The Morgan fingerprint density at radius 2 is 2.35 bits per heavy atom. The molecule has 0 unspecified atom stereocenters. The number of aromatic nitrogens is 1. The predicted molar refractivity (Wildman–Crippen MR) is 83.5 cm³/mol. The lowest BCUT2D eigenvalue weighted by Crippen LogP contribution is -2.38. The lowest BCUT2D eigenvalue weighted by atomic mass is 10.1. The molecule has 1 aliphatic heterocycles. The molecule has 2 rings (SSSR count). The van der Waals surface area contributed by atoms with Crippen LogP contribution < -0.4 is 0 Å². The van der Waals surface area contributed by atoms with E-state index in [0.29, 0.717) is 24.1 Å². The SMILES string of the molecule is C=CCOC(=O)O[C@H](C)c1cnccc1C(=O)SN1CCC1=O. The minimum absolute atomic E-state index is 0.0390. The molecule has 7 nitrogen and oxygen atoms in total. The fourth-order valence-corrected chi connectivity index (χ4v) is 2.69. The van der Waals surface area contributed by atoms with E-state index in [0.717, 1.165) is 11.9 Å². The lowest BCUT2D eigenvalue weighted by molar-refractivity contribution is -0.132. The quantitative estimate of drug-likeness (QED) is 0.341. The van der Waals surface area contributed by atoms with Crippen LogP contribution in [0.15, 0.2) is 31.1 Å². The van der Waals surface area contributed by atoms with Gasteiger partial charge in [-0.1, -0.05) is 12.7 Å². The standard InChI is InChI=1S/C15H16N2O5S/c1-3-8-21-15(20)22-10(2)12-9-16-6-4-11(12)14(19)23-17-7-5-13(17)18/h3-4,6,9-10H,1,5,7-8H2,2H3/t10-/m1/s1. The van der Waals surface area contributed by atoms with E-state index < -0.39 is 12.3 Å². The molecule has 1 saturated heterocycles. The van der Waals surface area contributed by atoms with Crippen molar-refractivity contribution in [3.05, 3.63) is 42.2 Å². The number of nitrogens with zero attached hydrogens (tertiary/aromatic N) is 2. The van der Waals surface area contributed by atoms with Crippen LogP contribution in [0.25, 0.3) is 0 Å². The molecule has 0 N–H and O–H groups in total. The fourth-order valence-electron chi connectivity index (χ4n) is 1.83. The minimum Gasteiger partial charge on any atom is -0.430 e. The van der Waals surface area contributed by atoms with Crippen molar-refractivity contribution in [3.8, 4) is 0 Å². The van der Waals surface area contributed by atoms with Crippen molar-refractivity contribution in [2.24, 2.45) is 0 Å². The van der Waals surface area contributed by atoms with E-state index in [1.54, 1.807) is 6.92 Å². The smallest absolute Gasteiger partial charge is 0.430 e. The molecule has 1 fully saturated rings. The summed E-state index contributed by atoms with van der Waals surface area (Å²) in [5.41, 5.74) is 0.794. The molecule has 0 saturated carbocycles. The van der Waals surface area contributed by atoms with Crippen LogP contribution in [0.3, 0.4) is 0 Å². The zero-order valence-corrected chi connectivity index (χ0v) is 13.4. The lowest BCUT2D eigenvalue weighted by Gasteiger charge is -2.28. The maximum Gasteiger partial charge on any atom is 0.509 e. The van der Waals surface area contributed by atoms with Gasteiger partial charge in [-0.2, -0.15) is 0 Å². The highest BCUT2D eigenvalue weighted by molar-refractivity contribution is 8.12. The van der Waals surface area contributed by atoms with Gasteiger partial charge in [0.1, 0.15) is 12.7 Å². The van der Waals surface area contributed by atoms with Crippen LogP contribution in [0.1, 0.15) is 35.4 Å². The van der Waals surface area contributed by atoms with Gasteiger partial charge >= 0.3 is 6.16 Å². The molecular formula is C15H16N2O5S. The third-order valence-corrected chi connectivity index (χ3v) is 4.09. The average Bonchev–Trinajstić information content (AvgIpc) is 2.56. The maximum absolute atomic E-state index is 12.3. The van der Waals surface area contributed by atoms with Crippen molar-refractivity contribution in [3.63, 3.8) is 0 Å². The normalized spacial score (nSPS) is 14.7. The number of pyridine rings is 1. The summed E-state index contributed by atoms with van der Waals surface area (Å²) in [6.07, 6.45) is 3.23. The molecule has 122 valence electrons. The number of carbonyl (C=O) groups excluding carboxylic acids is 3. The topological polar surface area (TPSA) is 85.8 Å². The third-order valence-electron chi connectivity index (χ3n) is 3.10. The van der Waals surface area contributed by atoms with Gasteiger partial charge in [0.15, 0.2) is 0 Å². The van der Waals surface area contributed by atoms with Crippen molar-refractivity contribution >= 4 is 29.1 Å². The Kier molecular flexibility index (Phi) is 5.75. The molecule has 0 aliphatic carbocycles. The number of hydrogen-bond donors (Lipinski definition) is 0. The summed E-state index contributed by atoms with van der Waals surface area (Å²) in [6.45, 7) is 5.64. The van der Waals surface area contributed by atoms with Gasteiger partial charge < -0.3 is 9.47 Å². The zero-order chi connectivity index (χ0) is 16.8. The summed E-state index contributed by atoms with van der Waals surface area (Å²) < 4.78 is 11.3. The monoisotopic (exact) mass is 336 g/mol. The zero-order valence-electron chi connectivity index (χ0n) is 12.6. The maximum atomic E-state index is 12.3. The first kappa shape index (κ1) is 17.0. The van der Waals surface area contributed by atoms with Gasteiger partial charge in [-0.15, -0.1) is 0 Å². The second kappa shape index (κ2) is 7.77. The molecule has 1 aromatic rings. The van der Waals surface area contributed by atoms with Gasteiger partial charge in [0.25, 0.3) is 0 Å². The molecule has 8 heteroatoms. The van der Waals surface area contributed by atoms with Crippen LogP contribution in [-0.4, -0.2) is 39.6 Å². The summed E-state index contributed by atoms with van der Waals surface area (Å²) >= 11 is 0.844. The summed E-state index contributed by atoms with van der Waals surface area (Å²) in [5, 5.41) is -0.301. The molecule has 1 amide bonds. The second-order valence-electron chi connectivity index (χ2n) is 4.70. The molecular weight excluding hydrogens is 320 g/mol. The summed E-state index contributed by atoms with van der Waals surface area (Å²) in [4.78, 5) is 39.1. The van der Waals surface area contributed by atoms with Gasteiger partial charge in [-0.25, -0.2) is 4.79 Å².